The monoisotopic (exact) mass is 437 g/mol. The molecule has 2 aromatic rings. The molecule has 30 heavy (non-hydrogen) atoms. The lowest BCUT2D eigenvalue weighted by Gasteiger charge is -2.38. The highest BCUT2D eigenvalue weighted by atomic mass is 35.5. The van der Waals surface area contributed by atoms with Crippen LogP contribution in [0, 0.1) is 11.3 Å². The van der Waals surface area contributed by atoms with Crippen LogP contribution in [0.1, 0.15) is 24.0 Å². The molecule has 0 unspecified atom stereocenters. The number of allylic oxidation sites excluding steroid dienone is 1. The zero-order valence-corrected chi connectivity index (χ0v) is 18.0. The van der Waals surface area contributed by atoms with Crippen LogP contribution in [0.4, 0.5) is 0 Å². The zero-order chi connectivity index (χ0) is 21.3. The van der Waals surface area contributed by atoms with E-state index in [0.29, 0.717) is 22.2 Å². The van der Waals surface area contributed by atoms with Crippen molar-refractivity contribution in [3.05, 3.63) is 98.1 Å². The van der Waals surface area contributed by atoms with Gasteiger partial charge in [0.1, 0.15) is 17.4 Å². The van der Waals surface area contributed by atoms with Crippen LogP contribution in [0.5, 0.6) is 0 Å². The first-order valence-electron chi connectivity index (χ1n) is 9.75. The minimum Gasteiger partial charge on any atom is -0.440 e. The highest BCUT2D eigenvalue weighted by molar-refractivity contribution is 6.30. The van der Waals surface area contributed by atoms with Crippen LogP contribution >= 0.6 is 23.2 Å². The summed E-state index contributed by atoms with van der Waals surface area (Å²) in [5.74, 6) is 0.647. The number of halogens is 2. The van der Waals surface area contributed by atoms with Crippen molar-refractivity contribution < 1.29 is 4.74 Å². The Morgan fingerprint density at radius 1 is 1.10 bits per heavy atom. The van der Waals surface area contributed by atoms with Gasteiger partial charge in [-0.25, -0.2) is 0 Å². The number of hydrogen-bond acceptors (Lipinski definition) is 4. The van der Waals surface area contributed by atoms with Gasteiger partial charge in [0.2, 0.25) is 5.88 Å². The van der Waals surface area contributed by atoms with E-state index >= 15 is 0 Å². The molecule has 0 bridgehead atoms. The summed E-state index contributed by atoms with van der Waals surface area (Å²) in [5.41, 5.74) is 10.7. The van der Waals surface area contributed by atoms with Gasteiger partial charge in [0.05, 0.1) is 5.92 Å². The highest BCUT2D eigenvalue weighted by Gasteiger charge is 2.37. The van der Waals surface area contributed by atoms with E-state index in [4.69, 9.17) is 33.7 Å². The Morgan fingerprint density at radius 2 is 1.73 bits per heavy atom. The fourth-order valence-electron chi connectivity index (χ4n) is 3.96. The normalized spacial score (nSPS) is 20.7. The predicted molar refractivity (Wildman–Crippen MR) is 121 cm³/mol. The average Bonchev–Trinajstić information content (AvgIpc) is 2.75. The van der Waals surface area contributed by atoms with Gasteiger partial charge in [-0.2, -0.15) is 5.26 Å². The molecule has 2 aromatic carbocycles. The molecule has 6 heteroatoms. The van der Waals surface area contributed by atoms with Crippen molar-refractivity contribution in [1.82, 2.24) is 4.90 Å². The van der Waals surface area contributed by atoms with Gasteiger partial charge >= 0.3 is 0 Å². The second-order valence-electron chi connectivity index (χ2n) is 7.36. The molecule has 2 aliphatic rings. The van der Waals surface area contributed by atoms with Crippen LogP contribution in [0.3, 0.4) is 0 Å². The molecule has 2 N–H and O–H groups in total. The molecule has 1 atom stereocenters. The van der Waals surface area contributed by atoms with Crippen LogP contribution in [-0.4, -0.2) is 24.5 Å². The third-order valence-electron chi connectivity index (χ3n) is 5.47. The molecule has 0 amide bonds. The summed E-state index contributed by atoms with van der Waals surface area (Å²) in [4.78, 5) is 2.32. The van der Waals surface area contributed by atoms with Crippen LogP contribution in [-0.2, 0) is 4.74 Å². The van der Waals surface area contributed by atoms with Gasteiger partial charge < -0.3 is 10.5 Å². The van der Waals surface area contributed by atoms with Crippen LogP contribution < -0.4 is 5.73 Å². The second kappa shape index (κ2) is 8.57. The molecule has 0 spiro atoms. The van der Waals surface area contributed by atoms with E-state index in [1.165, 1.54) is 0 Å². The van der Waals surface area contributed by atoms with Gasteiger partial charge in [-0.3, -0.25) is 4.90 Å². The molecule has 152 valence electrons. The van der Waals surface area contributed by atoms with Crippen LogP contribution in [0.25, 0.3) is 6.08 Å². The highest BCUT2D eigenvalue weighted by Crippen LogP contribution is 2.43. The first-order valence-corrected chi connectivity index (χ1v) is 10.5. The number of likely N-dealkylation sites (N-methyl/N-ethyl adjacent to an activating group) is 1. The number of benzene rings is 2. The standard InChI is InChI=1S/C24H21Cl2N3O/c1-2-29-13-17(11-15-3-7-18(25)8-4-15)23-21(14-29)22(20(12-27)24(28)30-23)16-5-9-19(26)10-6-16/h3-11,22H,2,13-14,28H2,1H3/b17-11+/t22-/m0/s1. The molecule has 4 rings (SSSR count). The first kappa shape index (κ1) is 20.6. The summed E-state index contributed by atoms with van der Waals surface area (Å²) in [7, 11) is 0. The Bertz CT molecular complexity index is 1090. The predicted octanol–water partition coefficient (Wildman–Crippen LogP) is 5.47. The third kappa shape index (κ3) is 3.97. The summed E-state index contributed by atoms with van der Waals surface area (Å²) in [6, 6.07) is 17.5. The molecule has 4 nitrogen and oxygen atoms in total. The largest absolute Gasteiger partial charge is 0.440 e. The molecule has 0 saturated carbocycles. The van der Waals surface area contributed by atoms with Gasteiger partial charge in [-0.15, -0.1) is 0 Å². The molecule has 0 saturated heterocycles. The van der Waals surface area contributed by atoms with E-state index in [0.717, 1.165) is 41.1 Å². The zero-order valence-electron chi connectivity index (χ0n) is 16.5. The van der Waals surface area contributed by atoms with Crippen molar-refractivity contribution in [1.29, 1.82) is 5.26 Å². The van der Waals surface area contributed by atoms with Crippen LogP contribution in [0.2, 0.25) is 10.0 Å². The van der Waals surface area contributed by atoms with Gasteiger partial charge in [0.15, 0.2) is 0 Å². The summed E-state index contributed by atoms with van der Waals surface area (Å²) in [5, 5.41) is 11.2. The lowest BCUT2D eigenvalue weighted by atomic mass is 9.80. The van der Waals surface area contributed by atoms with Crippen molar-refractivity contribution in [3.8, 4) is 6.07 Å². The fraction of sp³-hybridized carbons (Fsp3) is 0.208. The Kier molecular flexibility index (Phi) is 5.87. The molecule has 2 heterocycles. The number of hydrogen-bond donors (Lipinski definition) is 1. The van der Waals surface area contributed by atoms with E-state index in [9.17, 15) is 5.26 Å². The first-order chi connectivity index (χ1) is 14.5. The number of nitrogens with two attached hydrogens (primary N) is 1. The fourth-order valence-corrected chi connectivity index (χ4v) is 4.21. The van der Waals surface area contributed by atoms with Crippen molar-refractivity contribution in [2.24, 2.45) is 5.73 Å². The van der Waals surface area contributed by atoms with E-state index in [2.05, 4.69) is 24.0 Å². The Hall–Kier alpha value is -2.71. The molecule has 2 aliphatic heterocycles. The van der Waals surface area contributed by atoms with Gasteiger partial charge in [-0.05, 0) is 53.6 Å². The maximum atomic E-state index is 9.83. The molecule has 0 radical (unpaired) electrons. The van der Waals surface area contributed by atoms with Crippen LogP contribution in [0.15, 0.2) is 76.9 Å². The van der Waals surface area contributed by atoms with Gasteiger partial charge in [0, 0.05) is 28.7 Å². The summed E-state index contributed by atoms with van der Waals surface area (Å²) in [6.45, 7) is 4.45. The summed E-state index contributed by atoms with van der Waals surface area (Å²) < 4.78 is 6.04. The topological polar surface area (TPSA) is 62.3 Å². The third-order valence-corrected chi connectivity index (χ3v) is 5.97. The van der Waals surface area contributed by atoms with Crippen molar-refractivity contribution >= 4 is 29.3 Å². The number of nitriles is 1. The summed E-state index contributed by atoms with van der Waals surface area (Å²) >= 11 is 12.1. The minimum absolute atomic E-state index is 0.156. The van der Waals surface area contributed by atoms with Crippen molar-refractivity contribution in [3.63, 3.8) is 0 Å². The lowest BCUT2D eigenvalue weighted by molar-refractivity contribution is 0.239. The van der Waals surface area contributed by atoms with Gasteiger partial charge in [-0.1, -0.05) is 54.4 Å². The Morgan fingerprint density at radius 3 is 2.33 bits per heavy atom. The molecule has 0 fully saturated rings. The second-order valence-corrected chi connectivity index (χ2v) is 8.23. The Labute approximate surface area is 186 Å². The maximum Gasteiger partial charge on any atom is 0.205 e. The number of nitrogens with zero attached hydrogens (tertiary/aromatic N) is 2. The molecular weight excluding hydrogens is 417 g/mol. The maximum absolute atomic E-state index is 9.83. The van der Waals surface area contributed by atoms with Crippen molar-refractivity contribution in [2.75, 3.05) is 19.6 Å². The summed E-state index contributed by atoms with van der Waals surface area (Å²) in [6.07, 6.45) is 2.09. The molecule has 0 aromatic heterocycles. The van der Waals surface area contributed by atoms with Crippen molar-refractivity contribution in [2.45, 2.75) is 12.8 Å². The molecular formula is C24H21Cl2N3O. The minimum atomic E-state index is -0.265. The molecule has 0 aliphatic carbocycles. The van der Waals surface area contributed by atoms with E-state index in [1.807, 2.05) is 48.5 Å². The van der Waals surface area contributed by atoms with E-state index in [1.54, 1.807) is 0 Å². The smallest absolute Gasteiger partial charge is 0.205 e. The quantitative estimate of drug-likeness (QED) is 0.690. The average molecular weight is 438 g/mol. The number of ether oxygens (including phenoxy) is 1. The van der Waals surface area contributed by atoms with E-state index in [-0.39, 0.29) is 11.8 Å². The lowest BCUT2D eigenvalue weighted by Crippen LogP contribution is -2.38. The SMILES string of the molecule is CCN1CC2=C(OC(N)=C(C#N)[C@@H]2c2ccc(Cl)cc2)/C(=C/c2ccc(Cl)cc2)C1. The Balaban J connectivity index is 1.86. The van der Waals surface area contributed by atoms with Gasteiger partial charge in [0.25, 0.3) is 0 Å². The number of rotatable bonds is 3. The van der Waals surface area contributed by atoms with E-state index < -0.39 is 0 Å².